The van der Waals surface area contributed by atoms with Gasteiger partial charge in [-0.15, -0.1) is 0 Å². The molecule has 0 bridgehead atoms. The number of aliphatic carboxylic acids is 1. The van der Waals surface area contributed by atoms with Gasteiger partial charge in [0.25, 0.3) is 0 Å². The third-order valence-electron chi connectivity index (χ3n) is 5.60. The van der Waals surface area contributed by atoms with Crippen molar-refractivity contribution in [2.75, 3.05) is 0 Å². The van der Waals surface area contributed by atoms with E-state index in [9.17, 15) is 19.5 Å². The molecule has 0 unspecified atom stereocenters. The first-order valence-electron chi connectivity index (χ1n) is 10.4. The Morgan fingerprint density at radius 1 is 1.09 bits per heavy atom. The second-order valence-electron chi connectivity index (χ2n) is 7.76. The van der Waals surface area contributed by atoms with Crippen LogP contribution in [0.3, 0.4) is 0 Å². The van der Waals surface area contributed by atoms with Crippen LogP contribution in [0.2, 0.25) is 0 Å². The zero-order chi connectivity index (χ0) is 22.8. The highest BCUT2D eigenvalue weighted by Crippen LogP contribution is 2.34. The highest BCUT2D eigenvalue weighted by molar-refractivity contribution is 6.02. The molecular weight excluding hydrogens is 410 g/mol. The summed E-state index contributed by atoms with van der Waals surface area (Å²) in [6.07, 6.45) is 2.20. The molecule has 0 spiro atoms. The number of fused-ring (bicyclic) bond motifs is 2. The van der Waals surface area contributed by atoms with Crippen molar-refractivity contribution in [2.24, 2.45) is 0 Å². The number of rotatable bonds is 7. The highest BCUT2D eigenvalue weighted by atomic mass is 16.4. The number of hydrogen-bond donors (Lipinski definition) is 1. The van der Waals surface area contributed by atoms with Gasteiger partial charge in [0, 0.05) is 22.4 Å². The van der Waals surface area contributed by atoms with E-state index in [0.717, 1.165) is 16.5 Å². The Labute approximate surface area is 183 Å². The molecule has 0 fully saturated rings. The first kappa shape index (κ1) is 21.4. The second kappa shape index (κ2) is 8.70. The Hall–Kier alpha value is -3.87. The minimum absolute atomic E-state index is 0.188. The Balaban J connectivity index is 1.74. The maximum Gasteiger partial charge on any atom is 0.340 e. The van der Waals surface area contributed by atoms with Gasteiger partial charge in [0.15, 0.2) is 0 Å². The molecule has 1 amide bonds. The number of nitrogens with one attached hydrogen (secondary N) is 1. The molecule has 0 aliphatic carbocycles. The summed E-state index contributed by atoms with van der Waals surface area (Å²) < 4.78 is 11.2. The quantitative estimate of drug-likeness (QED) is 0.449. The Morgan fingerprint density at radius 2 is 1.84 bits per heavy atom. The van der Waals surface area contributed by atoms with E-state index in [1.807, 2.05) is 43.3 Å². The maximum absolute atomic E-state index is 12.6. The summed E-state index contributed by atoms with van der Waals surface area (Å²) in [6.45, 7) is 3.56. The van der Waals surface area contributed by atoms with Gasteiger partial charge in [0.2, 0.25) is 5.91 Å². The molecule has 7 nitrogen and oxygen atoms in total. The maximum atomic E-state index is 12.6. The Morgan fingerprint density at radius 3 is 2.53 bits per heavy atom. The third-order valence-corrected chi connectivity index (χ3v) is 5.60. The zero-order valence-corrected chi connectivity index (χ0v) is 17.8. The van der Waals surface area contributed by atoms with Gasteiger partial charge >= 0.3 is 5.63 Å². The lowest BCUT2D eigenvalue weighted by Gasteiger charge is -2.19. The van der Waals surface area contributed by atoms with Gasteiger partial charge < -0.3 is 24.1 Å². The molecule has 2 aromatic carbocycles. The molecule has 2 aromatic heterocycles. The predicted octanol–water partition coefficient (Wildman–Crippen LogP) is 3.09. The highest BCUT2D eigenvalue weighted by Gasteiger charge is 2.19. The number of hydrogen-bond acceptors (Lipinski definition) is 6. The predicted molar refractivity (Wildman–Crippen MR) is 118 cm³/mol. The van der Waals surface area contributed by atoms with Gasteiger partial charge in [0.05, 0.1) is 30.3 Å². The second-order valence-corrected chi connectivity index (χ2v) is 7.76. The molecule has 0 radical (unpaired) electrons. The fourth-order valence-corrected chi connectivity index (χ4v) is 3.90. The van der Waals surface area contributed by atoms with Crippen LogP contribution in [0.25, 0.3) is 33.1 Å². The molecule has 32 heavy (non-hydrogen) atoms. The molecule has 0 aliphatic rings. The molecule has 0 saturated heterocycles. The number of aryl methyl sites for hydroxylation is 1. The van der Waals surface area contributed by atoms with Crippen molar-refractivity contribution in [3.8, 4) is 11.1 Å². The van der Waals surface area contributed by atoms with Gasteiger partial charge in [-0.1, -0.05) is 43.7 Å². The van der Waals surface area contributed by atoms with Crippen molar-refractivity contribution in [1.29, 1.82) is 0 Å². The van der Waals surface area contributed by atoms with Crippen LogP contribution in [0.15, 0.2) is 62.4 Å². The lowest BCUT2D eigenvalue weighted by molar-refractivity contribution is -0.308. The lowest BCUT2D eigenvalue weighted by atomic mass is 9.99. The standard InChI is InChI=1S/C25H23NO6/c1-3-7-20(24(28)29)26-23(27)11-17-14(2)16-10-18-19(15-8-5-4-6-9-15)13-31-21(18)12-22(16)32-25(17)30/h4-6,8-10,12-13,20H,3,7,11H2,1-2H3,(H,26,27)(H,28,29)/p-1/t20-/m1/s1. The molecule has 0 aliphatic heterocycles. The molecule has 1 N–H and O–H groups in total. The SMILES string of the molecule is CCC[C@@H](NC(=O)Cc1c(C)c2cc3c(-c4ccccc4)coc3cc2oc1=O)C(=O)[O-]. The monoisotopic (exact) mass is 432 g/mol. The summed E-state index contributed by atoms with van der Waals surface area (Å²) in [5.41, 5.74) is 2.99. The van der Waals surface area contributed by atoms with Crippen molar-refractivity contribution >= 4 is 33.8 Å². The lowest BCUT2D eigenvalue weighted by Crippen LogP contribution is -2.48. The van der Waals surface area contributed by atoms with Crippen LogP contribution in [0, 0.1) is 6.92 Å². The largest absolute Gasteiger partial charge is 0.548 e. The van der Waals surface area contributed by atoms with Crippen LogP contribution in [0.4, 0.5) is 0 Å². The van der Waals surface area contributed by atoms with Crippen LogP contribution < -0.4 is 16.0 Å². The Bertz CT molecular complexity index is 1370. The summed E-state index contributed by atoms with van der Waals surface area (Å²) in [4.78, 5) is 36.3. The number of carbonyl (C=O) groups excluding carboxylic acids is 2. The Kier molecular flexibility index (Phi) is 5.81. The minimum Gasteiger partial charge on any atom is -0.548 e. The topological polar surface area (TPSA) is 113 Å². The third kappa shape index (κ3) is 4.01. The normalized spacial score (nSPS) is 12.2. The zero-order valence-electron chi connectivity index (χ0n) is 17.8. The molecular formula is C25H22NO6-. The van der Waals surface area contributed by atoms with Gasteiger partial charge in [-0.2, -0.15) is 0 Å². The van der Waals surface area contributed by atoms with Gasteiger partial charge in [0.1, 0.15) is 11.2 Å². The molecule has 0 saturated carbocycles. The van der Waals surface area contributed by atoms with E-state index < -0.39 is 23.5 Å². The molecule has 4 rings (SSSR count). The minimum atomic E-state index is -1.35. The average Bonchev–Trinajstić information content (AvgIpc) is 3.18. The molecule has 2 heterocycles. The van der Waals surface area contributed by atoms with E-state index in [1.54, 1.807) is 19.3 Å². The summed E-state index contributed by atoms with van der Waals surface area (Å²) in [5, 5.41) is 15.2. The van der Waals surface area contributed by atoms with E-state index in [1.165, 1.54) is 0 Å². The molecule has 164 valence electrons. The summed E-state index contributed by atoms with van der Waals surface area (Å²) in [5.74, 6) is -1.92. The van der Waals surface area contributed by atoms with Crippen LogP contribution in [-0.2, 0) is 16.0 Å². The summed E-state index contributed by atoms with van der Waals surface area (Å²) in [6, 6.07) is 12.2. The van der Waals surface area contributed by atoms with Crippen LogP contribution in [-0.4, -0.2) is 17.9 Å². The number of carboxylic acid groups (broad SMARTS) is 1. The first-order chi connectivity index (χ1) is 15.4. The van der Waals surface area contributed by atoms with Crippen molar-refractivity contribution < 1.29 is 23.5 Å². The van der Waals surface area contributed by atoms with Crippen LogP contribution in [0.5, 0.6) is 0 Å². The van der Waals surface area contributed by atoms with Crippen molar-refractivity contribution in [3.05, 3.63) is 70.3 Å². The van der Waals surface area contributed by atoms with Gasteiger partial charge in [-0.05, 0) is 30.5 Å². The van der Waals surface area contributed by atoms with Gasteiger partial charge in [-0.3, -0.25) is 4.79 Å². The van der Waals surface area contributed by atoms with E-state index in [4.69, 9.17) is 8.83 Å². The van der Waals surface area contributed by atoms with Crippen molar-refractivity contribution in [2.45, 2.75) is 39.2 Å². The number of benzene rings is 2. The van der Waals surface area contributed by atoms with E-state index in [-0.39, 0.29) is 18.4 Å². The smallest absolute Gasteiger partial charge is 0.340 e. The van der Waals surface area contributed by atoms with Crippen LogP contribution in [0.1, 0.15) is 30.9 Å². The molecule has 4 aromatic rings. The summed E-state index contributed by atoms with van der Waals surface area (Å²) >= 11 is 0. The number of furan rings is 1. The summed E-state index contributed by atoms with van der Waals surface area (Å²) in [7, 11) is 0. The average molecular weight is 432 g/mol. The van der Waals surface area contributed by atoms with Crippen molar-refractivity contribution in [3.63, 3.8) is 0 Å². The fourth-order valence-electron chi connectivity index (χ4n) is 3.90. The fraction of sp³-hybridized carbons (Fsp3) is 0.240. The number of amides is 1. The number of carboxylic acids is 1. The molecule has 7 heteroatoms. The number of carbonyl (C=O) groups is 2. The van der Waals surface area contributed by atoms with E-state index in [2.05, 4.69) is 5.32 Å². The first-order valence-corrected chi connectivity index (χ1v) is 10.4. The van der Waals surface area contributed by atoms with Crippen molar-refractivity contribution in [1.82, 2.24) is 5.32 Å². The van der Waals surface area contributed by atoms with Gasteiger partial charge in [-0.25, -0.2) is 4.79 Å². The van der Waals surface area contributed by atoms with E-state index >= 15 is 0 Å². The van der Waals surface area contributed by atoms with Crippen LogP contribution >= 0.6 is 0 Å². The molecule has 1 atom stereocenters. The van der Waals surface area contributed by atoms with E-state index in [0.29, 0.717) is 28.5 Å².